The number of rotatable bonds is 2. The van der Waals surface area contributed by atoms with Crippen molar-refractivity contribution in [1.82, 2.24) is 0 Å². The van der Waals surface area contributed by atoms with Crippen LogP contribution in [0.1, 0.15) is 0 Å². The van der Waals surface area contributed by atoms with E-state index in [-0.39, 0.29) is 0 Å². The monoisotopic (exact) mass is 528 g/mol. The molecule has 0 bridgehead atoms. The van der Waals surface area contributed by atoms with E-state index >= 15 is 0 Å². The van der Waals surface area contributed by atoms with E-state index in [0.717, 1.165) is 0 Å². The Bertz CT molecular complexity index is 2590. The summed E-state index contributed by atoms with van der Waals surface area (Å²) in [6.07, 6.45) is 0. The van der Waals surface area contributed by atoms with Gasteiger partial charge in [0.15, 0.2) is 0 Å². The second kappa shape index (κ2) is 8.06. The molecule has 0 spiro atoms. The highest BCUT2D eigenvalue weighted by atomic mass is 14.2. The molecule has 0 aliphatic carbocycles. The van der Waals surface area contributed by atoms with E-state index in [2.05, 4.69) is 146 Å². The molecule has 0 aliphatic heterocycles. The van der Waals surface area contributed by atoms with Crippen molar-refractivity contribution in [2.24, 2.45) is 0 Å². The quantitative estimate of drug-likeness (QED) is 0.196. The second-order valence-electron chi connectivity index (χ2n) is 11.8. The summed E-state index contributed by atoms with van der Waals surface area (Å²) in [6, 6.07) is 54.5. The van der Waals surface area contributed by atoms with Gasteiger partial charge in [-0.3, -0.25) is 0 Å². The summed E-state index contributed by atoms with van der Waals surface area (Å²) in [5, 5.41) is 18.5. The average molecular weight is 529 g/mol. The number of benzene rings is 10. The lowest BCUT2D eigenvalue weighted by atomic mass is 9.89. The van der Waals surface area contributed by atoms with E-state index in [4.69, 9.17) is 0 Å². The molecule has 0 unspecified atom stereocenters. The molecule has 0 aliphatic rings. The van der Waals surface area contributed by atoms with Gasteiger partial charge in [-0.25, -0.2) is 0 Å². The standard InChI is InChI=1S/C42H24/c1-3-25-9-15-34-23-36(24-35-16-10-26(4-1)39(25)41(34)35)32-12-11-31-22-33(14-13-30(31)21-32)37-19-17-29-8-7-27-5-2-6-28-18-20-38(37)42(29)40(27)28/h1-24H. The van der Waals surface area contributed by atoms with Gasteiger partial charge in [-0.2, -0.15) is 0 Å². The molecular formula is C42H24. The lowest BCUT2D eigenvalue weighted by Crippen LogP contribution is -1.88. The maximum atomic E-state index is 2.36. The van der Waals surface area contributed by atoms with Crippen molar-refractivity contribution in [2.75, 3.05) is 0 Å². The minimum Gasteiger partial charge on any atom is -0.0610 e. The molecule has 0 saturated heterocycles. The van der Waals surface area contributed by atoms with E-state index in [9.17, 15) is 0 Å². The van der Waals surface area contributed by atoms with Crippen LogP contribution in [0.5, 0.6) is 0 Å². The summed E-state index contributed by atoms with van der Waals surface area (Å²) in [5.41, 5.74) is 5.07. The number of hydrogen-bond acceptors (Lipinski definition) is 0. The van der Waals surface area contributed by atoms with Crippen LogP contribution >= 0.6 is 0 Å². The summed E-state index contributed by atoms with van der Waals surface area (Å²) in [5.74, 6) is 0. The van der Waals surface area contributed by atoms with E-state index in [1.807, 2.05) is 0 Å². The third-order valence-corrected chi connectivity index (χ3v) is 9.48. The zero-order valence-corrected chi connectivity index (χ0v) is 22.9. The minimum atomic E-state index is 1.25. The van der Waals surface area contributed by atoms with Gasteiger partial charge in [-0.05, 0) is 122 Å². The summed E-state index contributed by atoms with van der Waals surface area (Å²) >= 11 is 0. The Hall–Kier alpha value is -5.46. The van der Waals surface area contributed by atoms with Crippen LogP contribution in [0.4, 0.5) is 0 Å². The van der Waals surface area contributed by atoms with Gasteiger partial charge in [0.1, 0.15) is 0 Å². The van der Waals surface area contributed by atoms with Crippen molar-refractivity contribution >= 4 is 75.4 Å². The molecule has 0 atom stereocenters. The highest BCUT2D eigenvalue weighted by Crippen LogP contribution is 2.41. The summed E-state index contributed by atoms with van der Waals surface area (Å²) in [6.45, 7) is 0. The number of fused-ring (bicyclic) bond motifs is 1. The second-order valence-corrected chi connectivity index (χ2v) is 11.8. The van der Waals surface area contributed by atoms with Crippen LogP contribution in [-0.2, 0) is 0 Å². The van der Waals surface area contributed by atoms with Crippen molar-refractivity contribution in [3.05, 3.63) is 146 Å². The first-order valence-corrected chi connectivity index (χ1v) is 14.7. The van der Waals surface area contributed by atoms with E-state index in [1.54, 1.807) is 0 Å². The molecule has 0 heterocycles. The van der Waals surface area contributed by atoms with Gasteiger partial charge >= 0.3 is 0 Å². The zero-order valence-electron chi connectivity index (χ0n) is 22.9. The van der Waals surface area contributed by atoms with Gasteiger partial charge in [0.2, 0.25) is 0 Å². The Balaban J connectivity index is 1.12. The molecule has 10 rings (SSSR count). The van der Waals surface area contributed by atoms with Crippen LogP contribution in [-0.4, -0.2) is 0 Å². The fraction of sp³-hybridized carbons (Fsp3) is 0. The normalized spacial score (nSPS) is 12.3. The lowest BCUT2D eigenvalue weighted by Gasteiger charge is -2.15. The minimum absolute atomic E-state index is 1.25. The predicted octanol–water partition coefficient (Wildman–Crippen LogP) is 12.0. The van der Waals surface area contributed by atoms with Gasteiger partial charge in [0, 0.05) is 0 Å². The third kappa shape index (κ3) is 3.01. The third-order valence-electron chi connectivity index (χ3n) is 9.48. The Kier molecular flexibility index (Phi) is 4.27. The van der Waals surface area contributed by atoms with Crippen molar-refractivity contribution in [1.29, 1.82) is 0 Å². The Labute approximate surface area is 242 Å². The van der Waals surface area contributed by atoms with Gasteiger partial charge in [-0.15, -0.1) is 0 Å². The molecule has 10 aromatic carbocycles. The maximum Gasteiger partial charge on any atom is -0.00206 e. The van der Waals surface area contributed by atoms with Gasteiger partial charge in [0.25, 0.3) is 0 Å². The molecule has 0 amide bonds. The zero-order chi connectivity index (χ0) is 27.4. The van der Waals surface area contributed by atoms with E-state index in [1.165, 1.54) is 97.7 Å². The highest BCUT2D eigenvalue weighted by Gasteiger charge is 2.13. The summed E-state index contributed by atoms with van der Waals surface area (Å²) in [7, 11) is 0. The average Bonchev–Trinajstić information content (AvgIpc) is 3.05. The molecule has 42 heavy (non-hydrogen) atoms. The first kappa shape index (κ1) is 22.3. The molecule has 192 valence electrons. The van der Waals surface area contributed by atoms with Gasteiger partial charge < -0.3 is 0 Å². The SMILES string of the molecule is c1cc2ccc3cc(-c4ccc5cc(-c6ccc7ccc8cccc9ccc6c7c89)ccc5c4)cc4ccc(c1)c2c34. The molecule has 0 N–H and O–H groups in total. The molecule has 0 nitrogen and oxygen atoms in total. The highest BCUT2D eigenvalue weighted by molar-refractivity contribution is 6.26. The molecule has 0 fully saturated rings. The molecule has 0 radical (unpaired) electrons. The van der Waals surface area contributed by atoms with Crippen LogP contribution in [0.15, 0.2) is 146 Å². The fourth-order valence-corrected chi connectivity index (χ4v) is 7.50. The van der Waals surface area contributed by atoms with Crippen LogP contribution < -0.4 is 0 Å². The Morgan fingerprint density at radius 3 is 1.29 bits per heavy atom. The van der Waals surface area contributed by atoms with Crippen molar-refractivity contribution in [2.45, 2.75) is 0 Å². The van der Waals surface area contributed by atoms with Crippen LogP contribution in [0, 0.1) is 0 Å². The lowest BCUT2D eigenvalue weighted by molar-refractivity contribution is 1.67. The Morgan fingerprint density at radius 1 is 0.238 bits per heavy atom. The van der Waals surface area contributed by atoms with Crippen LogP contribution in [0.2, 0.25) is 0 Å². The molecular weight excluding hydrogens is 504 g/mol. The first-order chi connectivity index (χ1) is 20.8. The first-order valence-electron chi connectivity index (χ1n) is 14.7. The molecule has 0 aromatic heterocycles. The van der Waals surface area contributed by atoms with Gasteiger partial charge in [-0.1, -0.05) is 121 Å². The molecule has 10 aromatic rings. The Morgan fingerprint density at radius 2 is 0.643 bits per heavy atom. The maximum absolute atomic E-state index is 2.36. The largest absolute Gasteiger partial charge is 0.0610 e. The number of hydrogen-bond donors (Lipinski definition) is 0. The van der Waals surface area contributed by atoms with E-state index < -0.39 is 0 Å². The smallest absolute Gasteiger partial charge is 0.00206 e. The van der Waals surface area contributed by atoms with Crippen molar-refractivity contribution < 1.29 is 0 Å². The van der Waals surface area contributed by atoms with E-state index in [0.29, 0.717) is 0 Å². The van der Waals surface area contributed by atoms with Crippen LogP contribution in [0.3, 0.4) is 0 Å². The summed E-state index contributed by atoms with van der Waals surface area (Å²) < 4.78 is 0. The summed E-state index contributed by atoms with van der Waals surface area (Å²) in [4.78, 5) is 0. The molecule has 0 heteroatoms. The topological polar surface area (TPSA) is 0 Å². The van der Waals surface area contributed by atoms with Crippen molar-refractivity contribution in [3.63, 3.8) is 0 Å². The van der Waals surface area contributed by atoms with Crippen LogP contribution in [0.25, 0.3) is 97.7 Å². The van der Waals surface area contributed by atoms with Crippen molar-refractivity contribution in [3.8, 4) is 22.3 Å². The fourth-order valence-electron chi connectivity index (χ4n) is 7.50. The van der Waals surface area contributed by atoms with Gasteiger partial charge in [0.05, 0.1) is 0 Å². The predicted molar refractivity (Wildman–Crippen MR) is 182 cm³/mol. The molecule has 0 saturated carbocycles.